The van der Waals surface area contributed by atoms with Crippen LogP contribution in [0.15, 0.2) is 27.8 Å². The zero-order valence-corrected chi connectivity index (χ0v) is 11.8. The maximum Gasteiger partial charge on any atom is 0.327 e. The van der Waals surface area contributed by atoms with Gasteiger partial charge in [0.15, 0.2) is 0 Å². The van der Waals surface area contributed by atoms with Gasteiger partial charge in [-0.2, -0.15) is 0 Å². The van der Waals surface area contributed by atoms with Crippen LogP contribution >= 0.6 is 23.2 Å². The van der Waals surface area contributed by atoms with Crippen LogP contribution in [0.25, 0.3) is 0 Å². The summed E-state index contributed by atoms with van der Waals surface area (Å²) in [5.74, 6) is 0.0449. The van der Waals surface area contributed by atoms with Gasteiger partial charge in [-0.05, 0) is 17.7 Å². The molecule has 0 saturated carbocycles. The molecule has 3 rings (SSSR count). The number of hydrogen-bond donors (Lipinski definition) is 4. The Hall–Kier alpha value is -2.25. The molecular weight excluding hydrogens is 319 g/mol. The molecule has 0 spiro atoms. The van der Waals surface area contributed by atoms with E-state index >= 15 is 0 Å². The fraction of sp³-hybridized carbons (Fsp3) is 0.0833. The number of H-pyrrole nitrogens is 2. The number of nitrogens with one attached hydrogen (secondary N) is 4. The lowest BCUT2D eigenvalue weighted by Gasteiger charge is -2.26. The Labute approximate surface area is 127 Å². The van der Waals surface area contributed by atoms with Crippen LogP contribution in [0.2, 0.25) is 10.0 Å². The van der Waals surface area contributed by atoms with Crippen molar-refractivity contribution in [3.8, 4) is 0 Å². The van der Waals surface area contributed by atoms with E-state index in [-0.39, 0.29) is 11.4 Å². The fourth-order valence-corrected chi connectivity index (χ4v) is 2.71. The first-order valence-electron chi connectivity index (χ1n) is 5.84. The Balaban J connectivity index is 2.24. The number of benzene rings is 1. The second-order valence-electron chi connectivity index (χ2n) is 4.39. The van der Waals surface area contributed by atoms with Crippen LogP contribution in [0.1, 0.15) is 17.2 Å². The SMILES string of the molecule is O=C1Nc2[nH]c(=O)[nH]c(=O)c2C(c2ccc(Cl)cc2Cl)N1. The summed E-state index contributed by atoms with van der Waals surface area (Å²) in [5, 5.41) is 5.69. The minimum absolute atomic E-state index is 0.0449. The Kier molecular flexibility index (Phi) is 3.23. The average Bonchev–Trinajstić information content (AvgIpc) is 2.36. The highest BCUT2D eigenvalue weighted by atomic mass is 35.5. The summed E-state index contributed by atoms with van der Waals surface area (Å²) in [6.07, 6.45) is 0. The van der Waals surface area contributed by atoms with Crippen LogP contribution in [0.3, 0.4) is 0 Å². The van der Waals surface area contributed by atoms with Crippen molar-refractivity contribution in [2.24, 2.45) is 0 Å². The highest BCUT2D eigenvalue weighted by molar-refractivity contribution is 6.35. The number of aromatic nitrogens is 2. The van der Waals surface area contributed by atoms with Crippen molar-refractivity contribution in [1.82, 2.24) is 15.3 Å². The van der Waals surface area contributed by atoms with Gasteiger partial charge in [0.25, 0.3) is 5.56 Å². The molecule has 0 bridgehead atoms. The molecule has 108 valence electrons. The van der Waals surface area contributed by atoms with Crippen LogP contribution < -0.4 is 21.9 Å². The number of halogens is 2. The van der Waals surface area contributed by atoms with Crippen molar-refractivity contribution in [2.75, 3.05) is 5.32 Å². The topological polar surface area (TPSA) is 107 Å². The number of hydrogen-bond acceptors (Lipinski definition) is 3. The molecule has 9 heteroatoms. The van der Waals surface area contributed by atoms with Gasteiger partial charge in [-0.25, -0.2) is 9.59 Å². The number of fused-ring (bicyclic) bond motifs is 1. The quantitative estimate of drug-likeness (QED) is 0.639. The van der Waals surface area contributed by atoms with Crippen molar-refractivity contribution in [3.63, 3.8) is 0 Å². The summed E-state index contributed by atoms with van der Waals surface area (Å²) in [6.45, 7) is 0. The van der Waals surface area contributed by atoms with Crippen molar-refractivity contribution in [2.45, 2.75) is 6.04 Å². The van der Waals surface area contributed by atoms with Crippen molar-refractivity contribution in [1.29, 1.82) is 0 Å². The molecule has 1 atom stereocenters. The summed E-state index contributed by atoms with van der Waals surface area (Å²) in [4.78, 5) is 39.5. The number of rotatable bonds is 1. The standard InChI is InChI=1S/C12H8Cl2N4O3/c13-4-1-2-5(6(14)3-4)8-7-9(16-11(20)15-8)17-12(21)18-10(7)19/h1-3,8H,(H4,15,16,17,18,19,20,21). The third kappa shape index (κ3) is 2.41. The normalized spacial score (nSPS) is 16.9. The van der Waals surface area contributed by atoms with E-state index < -0.39 is 23.3 Å². The molecular formula is C12H8Cl2N4O3. The molecule has 2 aromatic rings. The van der Waals surface area contributed by atoms with E-state index in [4.69, 9.17) is 23.2 Å². The minimum atomic E-state index is -0.792. The van der Waals surface area contributed by atoms with Gasteiger partial charge in [-0.15, -0.1) is 0 Å². The monoisotopic (exact) mass is 326 g/mol. The fourth-order valence-electron chi connectivity index (χ4n) is 2.19. The summed E-state index contributed by atoms with van der Waals surface area (Å²) < 4.78 is 0. The van der Waals surface area contributed by atoms with Crippen LogP contribution in [0.4, 0.5) is 10.6 Å². The van der Waals surface area contributed by atoms with E-state index in [1.807, 2.05) is 0 Å². The summed E-state index contributed by atoms with van der Waals surface area (Å²) in [6, 6.07) is 3.36. The summed E-state index contributed by atoms with van der Waals surface area (Å²) >= 11 is 12.0. The molecule has 1 aliphatic heterocycles. The number of carbonyl (C=O) groups excluding carboxylic acids is 1. The molecule has 1 unspecified atom stereocenters. The molecule has 4 N–H and O–H groups in total. The lowest BCUT2D eigenvalue weighted by atomic mass is 9.99. The zero-order chi connectivity index (χ0) is 15.1. The predicted octanol–water partition coefficient (Wildman–Crippen LogP) is 1.59. The van der Waals surface area contributed by atoms with E-state index in [1.54, 1.807) is 12.1 Å². The Morgan fingerprint density at radius 1 is 1.05 bits per heavy atom. The molecule has 0 aliphatic carbocycles. The smallest absolute Gasteiger partial charge is 0.327 e. The molecule has 1 aliphatic rings. The van der Waals surface area contributed by atoms with E-state index in [9.17, 15) is 14.4 Å². The van der Waals surface area contributed by atoms with Gasteiger partial charge in [0.2, 0.25) is 0 Å². The molecule has 0 fully saturated rings. The van der Waals surface area contributed by atoms with Gasteiger partial charge in [-0.3, -0.25) is 20.1 Å². The first-order valence-corrected chi connectivity index (χ1v) is 6.60. The third-order valence-electron chi connectivity index (χ3n) is 3.06. The van der Waals surface area contributed by atoms with Crippen LogP contribution in [0, 0.1) is 0 Å². The highest BCUT2D eigenvalue weighted by Crippen LogP contribution is 2.32. The maximum absolute atomic E-state index is 12.0. The number of amides is 2. The summed E-state index contributed by atoms with van der Waals surface area (Å²) in [5.41, 5.74) is -0.660. The second-order valence-corrected chi connectivity index (χ2v) is 5.24. The molecule has 7 nitrogen and oxygen atoms in total. The van der Waals surface area contributed by atoms with Crippen molar-refractivity contribution >= 4 is 35.1 Å². The van der Waals surface area contributed by atoms with E-state index in [2.05, 4.69) is 20.6 Å². The molecule has 0 saturated heterocycles. The molecule has 21 heavy (non-hydrogen) atoms. The van der Waals surface area contributed by atoms with E-state index in [1.165, 1.54) is 6.07 Å². The van der Waals surface area contributed by atoms with E-state index in [0.29, 0.717) is 15.6 Å². The average molecular weight is 327 g/mol. The minimum Gasteiger partial charge on any atom is -0.327 e. The van der Waals surface area contributed by atoms with Gasteiger partial charge >= 0.3 is 11.7 Å². The Morgan fingerprint density at radius 2 is 1.81 bits per heavy atom. The first-order chi connectivity index (χ1) is 9.95. The van der Waals surface area contributed by atoms with E-state index in [0.717, 1.165) is 0 Å². The Bertz CT molecular complexity index is 858. The van der Waals surface area contributed by atoms with Crippen molar-refractivity contribution < 1.29 is 4.79 Å². The number of anilines is 1. The van der Waals surface area contributed by atoms with Crippen LogP contribution in [-0.4, -0.2) is 16.0 Å². The van der Waals surface area contributed by atoms with Crippen LogP contribution in [-0.2, 0) is 0 Å². The van der Waals surface area contributed by atoms with Gasteiger partial charge in [-0.1, -0.05) is 29.3 Å². The van der Waals surface area contributed by atoms with Gasteiger partial charge < -0.3 is 5.32 Å². The van der Waals surface area contributed by atoms with Crippen molar-refractivity contribution in [3.05, 3.63) is 60.2 Å². The lowest BCUT2D eigenvalue weighted by molar-refractivity contribution is 0.248. The van der Waals surface area contributed by atoms with Gasteiger partial charge in [0, 0.05) is 10.0 Å². The van der Waals surface area contributed by atoms with Gasteiger partial charge in [0.05, 0.1) is 11.6 Å². The first kappa shape index (κ1) is 13.7. The predicted molar refractivity (Wildman–Crippen MR) is 78.1 cm³/mol. The number of urea groups is 1. The number of carbonyl (C=O) groups is 1. The lowest BCUT2D eigenvalue weighted by Crippen LogP contribution is -2.44. The third-order valence-corrected chi connectivity index (χ3v) is 3.62. The molecule has 1 aromatic heterocycles. The molecule has 0 radical (unpaired) electrons. The maximum atomic E-state index is 12.0. The van der Waals surface area contributed by atoms with Gasteiger partial charge in [0.1, 0.15) is 5.82 Å². The molecule has 2 heterocycles. The Morgan fingerprint density at radius 3 is 2.52 bits per heavy atom. The number of aromatic amines is 2. The second kappa shape index (κ2) is 4.94. The molecule has 2 amide bonds. The summed E-state index contributed by atoms with van der Waals surface area (Å²) in [7, 11) is 0. The zero-order valence-electron chi connectivity index (χ0n) is 10.3. The highest BCUT2D eigenvalue weighted by Gasteiger charge is 2.30. The van der Waals surface area contributed by atoms with Crippen LogP contribution in [0.5, 0.6) is 0 Å². The largest absolute Gasteiger partial charge is 0.327 e. The molecule has 1 aromatic carbocycles.